The number of anilines is 1. The van der Waals surface area contributed by atoms with Gasteiger partial charge in [0.2, 0.25) is 11.8 Å². The molecule has 170 valence electrons. The van der Waals surface area contributed by atoms with Crippen LogP contribution in [0.25, 0.3) is 11.5 Å². The number of hydrogen-bond acceptors (Lipinski definition) is 5. The lowest BCUT2D eigenvalue weighted by Gasteiger charge is -2.12. The molecule has 8 nitrogen and oxygen atoms in total. The van der Waals surface area contributed by atoms with E-state index in [9.17, 15) is 4.79 Å². The first-order valence-corrected chi connectivity index (χ1v) is 10.2. The highest BCUT2D eigenvalue weighted by Gasteiger charge is 2.06. The molecule has 3 N–H and O–H groups in total. The lowest BCUT2D eigenvalue weighted by molar-refractivity contribution is -0.114. The van der Waals surface area contributed by atoms with Crippen LogP contribution in [-0.2, 0) is 11.3 Å². The summed E-state index contributed by atoms with van der Waals surface area (Å²) in [6.07, 6.45) is 1.63. The third-order valence-corrected chi connectivity index (χ3v) is 4.13. The monoisotopic (exact) mass is 549 g/mol. The standard InChI is InChI=1S/C23H27N5O3.HI/c1-3-24-23(25-12-13-30-21-11-7-10-19(14-21)27-17(2)29)26-15-20-16-31-22(28-20)18-8-5-4-6-9-18;/h4-11,14,16H,3,12-13,15H2,1-2H3,(H,27,29)(H2,24,25,26);1H. The van der Waals surface area contributed by atoms with Crippen LogP contribution in [0.2, 0.25) is 0 Å². The number of aliphatic imine (C=N–C) groups is 1. The predicted octanol–water partition coefficient (Wildman–Crippen LogP) is 4.05. The molecule has 2 aromatic carbocycles. The second-order valence-electron chi connectivity index (χ2n) is 6.69. The summed E-state index contributed by atoms with van der Waals surface area (Å²) in [5.41, 5.74) is 2.39. The molecular formula is C23H28IN5O3. The third kappa shape index (κ3) is 8.22. The molecule has 0 spiro atoms. The van der Waals surface area contributed by atoms with E-state index >= 15 is 0 Å². The van der Waals surface area contributed by atoms with E-state index in [1.165, 1.54) is 6.92 Å². The third-order valence-electron chi connectivity index (χ3n) is 4.13. The first kappa shape index (κ1) is 25.2. The van der Waals surface area contributed by atoms with Crippen molar-refractivity contribution in [1.29, 1.82) is 0 Å². The average molecular weight is 549 g/mol. The van der Waals surface area contributed by atoms with Crippen LogP contribution >= 0.6 is 24.0 Å². The molecule has 0 atom stereocenters. The number of hydrogen-bond donors (Lipinski definition) is 3. The Kier molecular flexibility index (Phi) is 10.5. The first-order valence-electron chi connectivity index (χ1n) is 10.2. The number of guanidine groups is 1. The van der Waals surface area contributed by atoms with Crippen molar-refractivity contribution in [2.45, 2.75) is 20.4 Å². The molecule has 3 aromatic rings. The summed E-state index contributed by atoms with van der Waals surface area (Å²) < 4.78 is 11.3. The molecule has 32 heavy (non-hydrogen) atoms. The Morgan fingerprint density at radius 3 is 2.69 bits per heavy atom. The number of carbonyl (C=O) groups excluding carboxylic acids is 1. The van der Waals surface area contributed by atoms with Gasteiger partial charge in [0.05, 0.1) is 13.1 Å². The van der Waals surface area contributed by atoms with Gasteiger partial charge in [0.15, 0.2) is 5.96 Å². The summed E-state index contributed by atoms with van der Waals surface area (Å²) in [5.74, 6) is 1.82. The minimum Gasteiger partial charge on any atom is -0.492 e. The van der Waals surface area contributed by atoms with E-state index in [-0.39, 0.29) is 29.9 Å². The molecule has 1 heterocycles. The van der Waals surface area contributed by atoms with E-state index < -0.39 is 0 Å². The van der Waals surface area contributed by atoms with E-state index in [0.29, 0.717) is 43.0 Å². The number of ether oxygens (including phenoxy) is 1. The van der Waals surface area contributed by atoms with Crippen LogP contribution in [0, 0.1) is 0 Å². The summed E-state index contributed by atoms with van der Waals surface area (Å²) in [7, 11) is 0. The Balaban J connectivity index is 0.00000363. The second kappa shape index (κ2) is 13.4. The van der Waals surface area contributed by atoms with Crippen molar-refractivity contribution in [3.8, 4) is 17.2 Å². The Labute approximate surface area is 204 Å². The SMILES string of the molecule is CCNC(=NCc1coc(-c2ccccc2)n1)NCCOc1cccc(NC(C)=O)c1.I. The van der Waals surface area contributed by atoms with E-state index in [4.69, 9.17) is 9.15 Å². The maximum atomic E-state index is 11.2. The van der Waals surface area contributed by atoms with Crippen LogP contribution in [-0.4, -0.2) is 36.5 Å². The smallest absolute Gasteiger partial charge is 0.226 e. The number of rotatable bonds is 9. The van der Waals surface area contributed by atoms with Crippen LogP contribution in [0.4, 0.5) is 5.69 Å². The van der Waals surface area contributed by atoms with Gasteiger partial charge in [0.1, 0.15) is 24.3 Å². The van der Waals surface area contributed by atoms with Gasteiger partial charge in [-0.15, -0.1) is 24.0 Å². The highest BCUT2D eigenvalue weighted by molar-refractivity contribution is 14.0. The number of aromatic nitrogens is 1. The van der Waals surface area contributed by atoms with Crippen LogP contribution in [0.1, 0.15) is 19.5 Å². The van der Waals surface area contributed by atoms with Crippen LogP contribution in [0.5, 0.6) is 5.75 Å². The lowest BCUT2D eigenvalue weighted by Crippen LogP contribution is -2.39. The van der Waals surface area contributed by atoms with Gasteiger partial charge in [0, 0.05) is 30.8 Å². The summed E-state index contributed by atoms with van der Waals surface area (Å²) in [5, 5.41) is 9.17. The maximum absolute atomic E-state index is 11.2. The Morgan fingerprint density at radius 2 is 1.94 bits per heavy atom. The molecule has 0 bridgehead atoms. The zero-order chi connectivity index (χ0) is 21.9. The molecule has 0 unspecified atom stereocenters. The maximum Gasteiger partial charge on any atom is 0.226 e. The quantitative estimate of drug-likeness (QED) is 0.161. The second-order valence-corrected chi connectivity index (χ2v) is 6.69. The lowest BCUT2D eigenvalue weighted by atomic mass is 10.2. The molecule has 1 aromatic heterocycles. The minimum atomic E-state index is -0.117. The molecule has 0 fully saturated rings. The zero-order valence-electron chi connectivity index (χ0n) is 18.1. The zero-order valence-corrected chi connectivity index (χ0v) is 20.5. The normalized spacial score (nSPS) is 10.8. The van der Waals surface area contributed by atoms with Crippen molar-refractivity contribution in [3.05, 3.63) is 66.6 Å². The average Bonchev–Trinajstić information content (AvgIpc) is 3.24. The topological polar surface area (TPSA) is 101 Å². The number of benzene rings is 2. The predicted molar refractivity (Wildman–Crippen MR) is 136 cm³/mol. The van der Waals surface area contributed by atoms with E-state index in [0.717, 1.165) is 17.8 Å². The minimum absolute atomic E-state index is 0. The Morgan fingerprint density at radius 1 is 1.12 bits per heavy atom. The van der Waals surface area contributed by atoms with E-state index in [2.05, 4.69) is 25.9 Å². The van der Waals surface area contributed by atoms with Crippen molar-refractivity contribution < 1.29 is 13.9 Å². The number of halogens is 1. The molecule has 1 amide bonds. The summed E-state index contributed by atoms with van der Waals surface area (Å²) in [4.78, 5) is 20.2. The van der Waals surface area contributed by atoms with Gasteiger partial charge in [-0.3, -0.25) is 4.79 Å². The van der Waals surface area contributed by atoms with Gasteiger partial charge in [-0.2, -0.15) is 0 Å². The number of carbonyl (C=O) groups is 1. The van der Waals surface area contributed by atoms with Gasteiger partial charge < -0.3 is 25.1 Å². The van der Waals surface area contributed by atoms with Gasteiger partial charge in [0.25, 0.3) is 0 Å². The van der Waals surface area contributed by atoms with Crippen LogP contribution in [0.3, 0.4) is 0 Å². The van der Waals surface area contributed by atoms with Gasteiger partial charge in [-0.1, -0.05) is 24.3 Å². The van der Waals surface area contributed by atoms with E-state index in [1.54, 1.807) is 12.3 Å². The van der Waals surface area contributed by atoms with Crippen molar-refractivity contribution in [3.63, 3.8) is 0 Å². The number of oxazole rings is 1. The number of nitrogens with one attached hydrogen (secondary N) is 3. The van der Waals surface area contributed by atoms with Gasteiger partial charge in [-0.05, 0) is 31.2 Å². The highest BCUT2D eigenvalue weighted by atomic mass is 127. The van der Waals surface area contributed by atoms with Crippen molar-refractivity contribution >= 4 is 41.5 Å². The van der Waals surface area contributed by atoms with E-state index in [1.807, 2.05) is 55.5 Å². The summed E-state index contributed by atoms with van der Waals surface area (Å²) >= 11 is 0. The Bertz CT molecular complexity index is 1010. The fourth-order valence-corrected chi connectivity index (χ4v) is 2.80. The first-order chi connectivity index (χ1) is 15.1. The van der Waals surface area contributed by atoms with Crippen LogP contribution in [0.15, 0.2) is 70.3 Å². The largest absolute Gasteiger partial charge is 0.492 e. The fraction of sp³-hybridized carbons (Fsp3) is 0.261. The molecule has 0 aliphatic carbocycles. The molecule has 0 aliphatic rings. The fourth-order valence-electron chi connectivity index (χ4n) is 2.80. The molecule has 0 saturated carbocycles. The molecule has 9 heteroatoms. The van der Waals surface area contributed by atoms with Crippen molar-refractivity contribution in [2.24, 2.45) is 4.99 Å². The summed E-state index contributed by atoms with van der Waals surface area (Å²) in [6.45, 7) is 5.61. The molecular weight excluding hydrogens is 521 g/mol. The van der Waals surface area contributed by atoms with Gasteiger partial charge >= 0.3 is 0 Å². The molecule has 0 radical (unpaired) electrons. The molecule has 3 rings (SSSR count). The number of nitrogens with zero attached hydrogens (tertiary/aromatic N) is 2. The molecule has 0 aliphatic heterocycles. The molecule has 0 saturated heterocycles. The Hall–Kier alpha value is -3.08. The summed E-state index contributed by atoms with van der Waals surface area (Å²) in [6, 6.07) is 17.0. The van der Waals surface area contributed by atoms with Crippen molar-refractivity contribution in [1.82, 2.24) is 15.6 Å². The number of amides is 1. The van der Waals surface area contributed by atoms with Crippen molar-refractivity contribution in [2.75, 3.05) is 25.0 Å². The highest BCUT2D eigenvalue weighted by Crippen LogP contribution is 2.18. The van der Waals surface area contributed by atoms with Crippen LogP contribution < -0.4 is 20.7 Å². The van der Waals surface area contributed by atoms with Gasteiger partial charge in [-0.25, -0.2) is 9.98 Å².